The van der Waals surface area contributed by atoms with E-state index in [2.05, 4.69) is 29.1 Å². The van der Waals surface area contributed by atoms with Gasteiger partial charge in [0.1, 0.15) is 6.04 Å². The molecule has 0 saturated carbocycles. The molecule has 4 rings (SSSR count). The number of rotatable bonds is 13. The third kappa shape index (κ3) is 5.34. The average molecular weight is 619 g/mol. The Morgan fingerprint density at radius 1 is 1.15 bits per heavy atom. The predicted octanol–water partition coefficient (Wildman–Crippen LogP) is 4.26. The van der Waals surface area contributed by atoms with Crippen LogP contribution in [0.1, 0.15) is 39.5 Å². The van der Waals surface area contributed by atoms with Crippen molar-refractivity contribution in [2.45, 2.75) is 66.4 Å². The molecule has 3 saturated heterocycles. The molecule has 9 heteroatoms. The van der Waals surface area contributed by atoms with Gasteiger partial charge in [0, 0.05) is 48.0 Å². The third-order valence-electron chi connectivity index (χ3n) is 8.24. The number of carbonyl (C=O) groups is 3. The minimum Gasteiger partial charge on any atom is -0.396 e. The summed E-state index contributed by atoms with van der Waals surface area (Å²) in [5.74, 6) is -1.39. The number of anilines is 1. The molecule has 212 valence electrons. The lowest BCUT2D eigenvalue weighted by molar-refractivity contribution is -0.143. The van der Waals surface area contributed by atoms with Crippen molar-refractivity contribution in [3.63, 3.8) is 0 Å². The first-order valence-corrected chi connectivity index (χ1v) is 15.6. The number of para-hydroxylation sites is 1. The van der Waals surface area contributed by atoms with Crippen LogP contribution >= 0.6 is 27.7 Å². The molecule has 1 aromatic rings. The molecule has 0 aliphatic carbocycles. The quantitative estimate of drug-likeness (QED) is 0.203. The maximum atomic E-state index is 14.3. The first-order valence-electron chi connectivity index (χ1n) is 13.8. The highest BCUT2D eigenvalue weighted by Crippen LogP contribution is 2.68. The Hall–Kier alpha value is -2.10. The summed E-state index contributed by atoms with van der Waals surface area (Å²) in [6.07, 6.45) is 6.19. The van der Waals surface area contributed by atoms with Gasteiger partial charge in [-0.15, -0.1) is 24.9 Å². The van der Waals surface area contributed by atoms with E-state index < -0.39 is 22.6 Å². The van der Waals surface area contributed by atoms with Crippen molar-refractivity contribution in [1.82, 2.24) is 9.80 Å². The number of aliphatic hydroxyl groups excluding tert-OH is 1. The van der Waals surface area contributed by atoms with Crippen molar-refractivity contribution < 1.29 is 19.5 Å². The van der Waals surface area contributed by atoms with E-state index >= 15 is 0 Å². The highest BCUT2D eigenvalue weighted by molar-refractivity contribution is 9.09. The van der Waals surface area contributed by atoms with Crippen molar-refractivity contribution in [2.75, 3.05) is 31.1 Å². The van der Waals surface area contributed by atoms with Gasteiger partial charge in [-0.1, -0.05) is 46.3 Å². The lowest BCUT2D eigenvalue weighted by atomic mass is 9.70. The van der Waals surface area contributed by atoms with Crippen LogP contribution in [0, 0.1) is 11.8 Å². The highest BCUT2D eigenvalue weighted by Gasteiger charge is 2.76. The maximum absolute atomic E-state index is 14.3. The fourth-order valence-corrected chi connectivity index (χ4v) is 10.2. The van der Waals surface area contributed by atoms with Crippen LogP contribution in [-0.4, -0.2) is 85.8 Å². The van der Waals surface area contributed by atoms with E-state index in [-0.39, 0.29) is 40.4 Å². The minimum atomic E-state index is -0.685. The monoisotopic (exact) mass is 617 g/mol. The van der Waals surface area contributed by atoms with Crippen LogP contribution in [0.3, 0.4) is 0 Å². The highest BCUT2D eigenvalue weighted by atomic mass is 79.9. The number of carbonyl (C=O) groups excluding carboxylic acids is 3. The molecular formula is C30H40BrN3O4S. The Bertz CT molecular complexity index is 1090. The van der Waals surface area contributed by atoms with E-state index in [0.717, 1.165) is 12.1 Å². The lowest BCUT2D eigenvalue weighted by Gasteiger charge is -2.39. The average Bonchev–Trinajstić information content (AvgIpc) is 3.51. The van der Waals surface area contributed by atoms with Gasteiger partial charge >= 0.3 is 0 Å². The normalized spacial score (nSPS) is 29.0. The number of hydrogen-bond donors (Lipinski definition) is 1. The number of halogens is 1. The molecule has 0 radical (unpaired) electrons. The van der Waals surface area contributed by atoms with Gasteiger partial charge in [0.25, 0.3) is 0 Å². The van der Waals surface area contributed by atoms with E-state index in [0.29, 0.717) is 38.9 Å². The molecule has 3 unspecified atom stereocenters. The number of fused-ring (bicyclic) bond motifs is 1. The van der Waals surface area contributed by atoms with E-state index in [1.807, 2.05) is 44.2 Å². The van der Waals surface area contributed by atoms with Crippen molar-refractivity contribution in [3.05, 3.63) is 55.6 Å². The Labute approximate surface area is 244 Å². The summed E-state index contributed by atoms with van der Waals surface area (Å²) in [7, 11) is 0. The number of benzene rings is 1. The number of thioether (sulfide) groups is 1. The van der Waals surface area contributed by atoms with Gasteiger partial charge in [-0.2, -0.15) is 0 Å². The molecule has 2 bridgehead atoms. The van der Waals surface area contributed by atoms with Crippen molar-refractivity contribution in [1.29, 1.82) is 0 Å². The molecule has 1 spiro atoms. The molecule has 3 aliphatic rings. The molecule has 0 aromatic heterocycles. The molecule has 3 aliphatic heterocycles. The number of likely N-dealkylation sites (tertiary alicyclic amines) is 1. The van der Waals surface area contributed by atoms with Gasteiger partial charge in [0.05, 0.1) is 16.6 Å². The summed E-state index contributed by atoms with van der Waals surface area (Å²) in [6, 6.07) is 8.79. The van der Waals surface area contributed by atoms with Crippen LogP contribution < -0.4 is 4.90 Å². The van der Waals surface area contributed by atoms with Gasteiger partial charge in [-0.05, 0) is 51.7 Å². The van der Waals surface area contributed by atoms with Crippen LogP contribution in [0.4, 0.5) is 5.69 Å². The zero-order chi connectivity index (χ0) is 28.3. The number of unbranched alkanes of at least 4 members (excludes halogenated alkanes) is 2. The fourth-order valence-electron chi connectivity index (χ4n) is 6.59. The number of nitrogens with zero attached hydrogens (tertiary/aromatic N) is 3. The molecule has 39 heavy (non-hydrogen) atoms. The number of aliphatic hydroxyl groups is 1. The maximum Gasteiger partial charge on any atom is 0.247 e. The van der Waals surface area contributed by atoms with E-state index in [4.69, 9.17) is 0 Å². The van der Waals surface area contributed by atoms with Gasteiger partial charge in [-0.25, -0.2) is 0 Å². The molecule has 6 atom stereocenters. The van der Waals surface area contributed by atoms with Crippen LogP contribution in [-0.2, 0) is 14.4 Å². The Morgan fingerprint density at radius 2 is 1.85 bits per heavy atom. The van der Waals surface area contributed by atoms with Crippen molar-refractivity contribution >= 4 is 51.1 Å². The second-order valence-corrected chi connectivity index (χ2v) is 13.6. The first kappa shape index (κ1) is 29.9. The Kier molecular flexibility index (Phi) is 9.65. The van der Waals surface area contributed by atoms with Gasteiger partial charge < -0.3 is 19.8 Å². The van der Waals surface area contributed by atoms with E-state index in [1.54, 1.807) is 38.6 Å². The number of hydrogen-bond acceptors (Lipinski definition) is 5. The number of amides is 3. The van der Waals surface area contributed by atoms with E-state index in [1.165, 1.54) is 0 Å². The van der Waals surface area contributed by atoms with Crippen molar-refractivity contribution in [2.24, 2.45) is 11.8 Å². The molecule has 1 N–H and O–H groups in total. The van der Waals surface area contributed by atoms with Crippen LogP contribution in [0.15, 0.2) is 55.6 Å². The largest absolute Gasteiger partial charge is 0.396 e. The van der Waals surface area contributed by atoms with Crippen LogP contribution in [0.5, 0.6) is 0 Å². The zero-order valence-electron chi connectivity index (χ0n) is 22.9. The summed E-state index contributed by atoms with van der Waals surface area (Å²) < 4.78 is -0.685. The van der Waals surface area contributed by atoms with E-state index in [9.17, 15) is 19.5 Å². The Morgan fingerprint density at radius 3 is 2.46 bits per heavy atom. The van der Waals surface area contributed by atoms with Gasteiger partial charge in [-0.3, -0.25) is 14.4 Å². The molecule has 1 aromatic carbocycles. The lowest BCUT2D eigenvalue weighted by Crippen LogP contribution is -2.57. The first-order chi connectivity index (χ1) is 18.7. The smallest absolute Gasteiger partial charge is 0.247 e. The summed E-state index contributed by atoms with van der Waals surface area (Å²) in [5.41, 5.74) is 0.770. The second kappa shape index (κ2) is 12.6. The molecule has 3 heterocycles. The van der Waals surface area contributed by atoms with Gasteiger partial charge in [0.15, 0.2) is 0 Å². The fraction of sp³-hybridized carbons (Fsp3) is 0.567. The summed E-state index contributed by atoms with van der Waals surface area (Å²) >= 11 is 5.52. The standard InChI is InChI=1S/C30H40BrN3O4S/c1-5-15-32(20(3)4)29(38)26-30-19-22(31)25(39-30)23(24(30)28(37)34(26)17-11-8-12-18-35)27(36)33(16-6-2)21-13-9-7-10-14-21/h5-7,9-10,13-14,20,22-26,35H,1-2,8,11-12,15-19H2,3-4H3/t22?,23-,24+,25-,26?,30?/m1/s1. The number of alkyl halides is 1. The van der Waals surface area contributed by atoms with Gasteiger partial charge in [0.2, 0.25) is 17.7 Å². The van der Waals surface area contributed by atoms with Crippen LogP contribution in [0.25, 0.3) is 0 Å². The molecule has 3 amide bonds. The minimum absolute atomic E-state index is 0.0124. The summed E-state index contributed by atoms with van der Waals surface area (Å²) in [6.45, 7) is 12.9. The predicted molar refractivity (Wildman–Crippen MR) is 161 cm³/mol. The van der Waals surface area contributed by atoms with Crippen molar-refractivity contribution in [3.8, 4) is 0 Å². The molecule has 7 nitrogen and oxygen atoms in total. The zero-order valence-corrected chi connectivity index (χ0v) is 25.3. The topological polar surface area (TPSA) is 81.2 Å². The Balaban J connectivity index is 1.75. The SMILES string of the molecule is C=CCN(C(=O)[C@H]1[C@@H]2SC3(CC2Br)C(C(=O)N(CC=C)C(C)C)N(CCCCCO)C(=O)[C@H]13)c1ccccc1. The van der Waals surface area contributed by atoms with Crippen LogP contribution in [0.2, 0.25) is 0 Å². The summed E-state index contributed by atoms with van der Waals surface area (Å²) in [4.78, 5) is 48.2. The third-order valence-corrected chi connectivity index (χ3v) is 11.5. The second-order valence-electron chi connectivity index (χ2n) is 10.9. The summed E-state index contributed by atoms with van der Waals surface area (Å²) in [5, 5.41) is 9.16. The molecular weight excluding hydrogens is 578 g/mol. The molecule has 3 fully saturated rings.